The van der Waals surface area contributed by atoms with Gasteiger partial charge in [-0.15, -0.1) is 0 Å². The Balaban J connectivity index is 1.79. The maximum atomic E-state index is 12.2. The lowest BCUT2D eigenvalue weighted by Crippen LogP contribution is -2.50. The van der Waals surface area contributed by atoms with Crippen LogP contribution in [0.2, 0.25) is 0 Å². The molecular formula is C19H23N3O4. The van der Waals surface area contributed by atoms with E-state index in [1.165, 1.54) is 0 Å². The van der Waals surface area contributed by atoms with E-state index in [2.05, 4.69) is 4.90 Å². The second-order valence-electron chi connectivity index (χ2n) is 7.36. The summed E-state index contributed by atoms with van der Waals surface area (Å²) in [5.41, 5.74) is 0.551. The number of non-ortho nitro benzene ring substituents is 1. The second-order valence-corrected chi connectivity index (χ2v) is 7.36. The number of nitro benzene ring substituents is 1. The smallest absolute Gasteiger partial charge is 0.410 e. The molecule has 7 heteroatoms. The fourth-order valence-electron chi connectivity index (χ4n) is 3.16. The molecule has 0 unspecified atom stereocenters. The Morgan fingerprint density at radius 3 is 2.23 bits per heavy atom. The Morgan fingerprint density at radius 2 is 1.65 bits per heavy atom. The van der Waals surface area contributed by atoms with Crippen LogP contribution in [0.1, 0.15) is 20.8 Å². The minimum absolute atomic E-state index is 0.108. The van der Waals surface area contributed by atoms with Crippen LogP contribution in [-0.4, -0.2) is 47.7 Å². The lowest BCUT2D eigenvalue weighted by molar-refractivity contribution is -0.383. The van der Waals surface area contributed by atoms with Crippen molar-refractivity contribution in [1.29, 1.82) is 0 Å². The highest BCUT2D eigenvalue weighted by Crippen LogP contribution is 2.34. The van der Waals surface area contributed by atoms with E-state index in [0.29, 0.717) is 31.6 Å². The molecule has 0 aliphatic carbocycles. The van der Waals surface area contributed by atoms with E-state index in [-0.39, 0.29) is 16.7 Å². The lowest BCUT2D eigenvalue weighted by atomic mass is 10.1. The van der Waals surface area contributed by atoms with Gasteiger partial charge in [0.1, 0.15) is 5.60 Å². The summed E-state index contributed by atoms with van der Waals surface area (Å²) in [6.07, 6.45) is -0.300. The van der Waals surface area contributed by atoms with Gasteiger partial charge in [-0.1, -0.05) is 18.2 Å². The minimum Gasteiger partial charge on any atom is -0.444 e. The summed E-state index contributed by atoms with van der Waals surface area (Å²) in [4.78, 5) is 27.0. The zero-order valence-corrected chi connectivity index (χ0v) is 15.3. The molecule has 3 rings (SSSR count). The zero-order chi connectivity index (χ0) is 18.9. The molecule has 0 N–H and O–H groups in total. The number of amides is 1. The number of fused-ring (bicyclic) bond motifs is 1. The normalized spacial score (nSPS) is 15.2. The maximum absolute atomic E-state index is 12.2. The first-order valence-electron chi connectivity index (χ1n) is 8.65. The fraction of sp³-hybridized carbons (Fsp3) is 0.421. The van der Waals surface area contributed by atoms with Crippen LogP contribution in [0.25, 0.3) is 10.8 Å². The Hall–Kier alpha value is -2.83. The number of hydrogen-bond donors (Lipinski definition) is 0. The molecule has 138 valence electrons. The predicted octanol–water partition coefficient (Wildman–Crippen LogP) is 3.81. The number of piperazine rings is 1. The van der Waals surface area contributed by atoms with Crippen LogP contribution in [0.15, 0.2) is 36.4 Å². The number of rotatable bonds is 2. The number of nitro groups is 1. The lowest BCUT2D eigenvalue weighted by Gasteiger charge is -2.37. The third-order valence-electron chi connectivity index (χ3n) is 4.35. The van der Waals surface area contributed by atoms with Crippen molar-refractivity contribution in [3.05, 3.63) is 46.5 Å². The van der Waals surface area contributed by atoms with Crippen LogP contribution in [0.5, 0.6) is 0 Å². The quantitative estimate of drug-likeness (QED) is 0.603. The van der Waals surface area contributed by atoms with Gasteiger partial charge in [0.25, 0.3) is 5.69 Å². The first-order valence-corrected chi connectivity index (χ1v) is 8.65. The van der Waals surface area contributed by atoms with Crippen molar-refractivity contribution in [1.82, 2.24) is 4.90 Å². The van der Waals surface area contributed by atoms with E-state index in [0.717, 1.165) is 11.1 Å². The Kier molecular flexibility index (Phi) is 4.71. The Morgan fingerprint density at radius 1 is 1.04 bits per heavy atom. The van der Waals surface area contributed by atoms with Crippen LogP contribution in [0.3, 0.4) is 0 Å². The van der Waals surface area contributed by atoms with Gasteiger partial charge >= 0.3 is 6.09 Å². The number of anilines is 1. The van der Waals surface area contributed by atoms with Crippen molar-refractivity contribution in [2.45, 2.75) is 26.4 Å². The highest BCUT2D eigenvalue weighted by atomic mass is 16.6. The van der Waals surface area contributed by atoms with Crippen molar-refractivity contribution in [3.63, 3.8) is 0 Å². The molecule has 1 aliphatic rings. The van der Waals surface area contributed by atoms with Crippen molar-refractivity contribution in [2.75, 3.05) is 31.1 Å². The first kappa shape index (κ1) is 18.0. The SMILES string of the molecule is CC(C)(C)OC(=O)N1CCN(c2ccc([N+](=O)[O-])c3ccccc23)CC1. The summed E-state index contributed by atoms with van der Waals surface area (Å²) in [6.45, 7) is 7.97. The molecule has 0 spiro atoms. The van der Waals surface area contributed by atoms with E-state index in [9.17, 15) is 14.9 Å². The van der Waals surface area contributed by atoms with Crippen molar-refractivity contribution in [3.8, 4) is 0 Å². The average Bonchev–Trinajstić information content (AvgIpc) is 2.59. The van der Waals surface area contributed by atoms with E-state index in [4.69, 9.17) is 4.74 Å². The Bertz CT molecular complexity index is 836. The zero-order valence-electron chi connectivity index (χ0n) is 15.3. The van der Waals surface area contributed by atoms with Gasteiger partial charge in [0.15, 0.2) is 0 Å². The molecule has 2 aromatic carbocycles. The van der Waals surface area contributed by atoms with Gasteiger partial charge in [-0.2, -0.15) is 0 Å². The summed E-state index contributed by atoms with van der Waals surface area (Å²) in [5.74, 6) is 0. The van der Waals surface area contributed by atoms with Gasteiger partial charge < -0.3 is 14.5 Å². The van der Waals surface area contributed by atoms with Gasteiger partial charge in [-0.3, -0.25) is 10.1 Å². The van der Waals surface area contributed by atoms with Crippen molar-refractivity contribution < 1.29 is 14.5 Å². The van der Waals surface area contributed by atoms with Gasteiger partial charge in [-0.25, -0.2) is 4.79 Å². The second kappa shape index (κ2) is 6.82. The van der Waals surface area contributed by atoms with Gasteiger partial charge in [-0.05, 0) is 32.9 Å². The van der Waals surface area contributed by atoms with Crippen molar-refractivity contribution in [2.24, 2.45) is 0 Å². The standard InChI is InChI=1S/C19H23N3O4/c1-19(2,3)26-18(23)21-12-10-20(11-13-21)16-8-9-17(22(24)25)15-7-5-4-6-14(15)16/h4-9H,10-13H2,1-3H3. The van der Waals surface area contributed by atoms with Gasteiger partial charge in [0, 0.05) is 43.3 Å². The molecule has 7 nitrogen and oxygen atoms in total. The largest absolute Gasteiger partial charge is 0.444 e. The van der Waals surface area contributed by atoms with Gasteiger partial charge in [0.2, 0.25) is 0 Å². The molecule has 1 aliphatic heterocycles. The van der Waals surface area contributed by atoms with E-state index in [1.807, 2.05) is 32.9 Å². The first-order chi connectivity index (χ1) is 12.3. The summed E-state index contributed by atoms with van der Waals surface area (Å²) in [7, 11) is 0. The molecule has 0 aromatic heterocycles. The highest BCUT2D eigenvalue weighted by molar-refractivity contribution is 6.00. The predicted molar refractivity (Wildman–Crippen MR) is 101 cm³/mol. The van der Waals surface area contributed by atoms with Crippen LogP contribution < -0.4 is 4.90 Å². The summed E-state index contributed by atoms with van der Waals surface area (Å²) in [5, 5.41) is 12.8. The molecule has 0 radical (unpaired) electrons. The molecule has 0 bridgehead atoms. The summed E-state index contributed by atoms with van der Waals surface area (Å²) in [6, 6.07) is 10.7. The number of benzene rings is 2. The summed E-state index contributed by atoms with van der Waals surface area (Å²) < 4.78 is 5.42. The van der Waals surface area contributed by atoms with Crippen LogP contribution >= 0.6 is 0 Å². The number of nitrogens with zero attached hydrogens (tertiary/aromatic N) is 3. The molecule has 1 saturated heterocycles. The third-order valence-corrected chi connectivity index (χ3v) is 4.35. The van der Waals surface area contributed by atoms with E-state index in [1.54, 1.807) is 29.2 Å². The summed E-state index contributed by atoms with van der Waals surface area (Å²) >= 11 is 0. The molecular weight excluding hydrogens is 334 g/mol. The van der Waals surface area contributed by atoms with Gasteiger partial charge in [0.05, 0.1) is 10.3 Å². The number of hydrogen-bond acceptors (Lipinski definition) is 5. The minimum atomic E-state index is -0.511. The molecule has 2 aromatic rings. The molecule has 0 saturated carbocycles. The number of carbonyl (C=O) groups excluding carboxylic acids is 1. The van der Waals surface area contributed by atoms with Crippen LogP contribution in [-0.2, 0) is 4.74 Å². The average molecular weight is 357 g/mol. The highest BCUT2D eigenvalue weighted by Gasteiger charge is 2.27. The fourth-order valence-corrected chi connectivity index (χ4v) is 3.16. The van der Waals surface area contributed by atoms with Crippen LogP contribution in [0.4, 0.5) is 16.2 Å². The molecule has 1 heterocycles. The van der Waals surface area contributed by atoms with E-state index < -0.39 is 5.60 Å². The number of ether oxygens (including phenoxy) is 1. The molecule has 0 atom stereocenters. The van der Waals surface area contributed by atoms with Crippen LogP contribution in [0, 0.1) is 10.1 Å². The maximum Gasteiger partial charge on any atom is 0.410 e. The van der Waals surface area contributed by atoms with E-state index >= 15 is 0 Å². The Labute approximate surface area is 152 Å². The van der Waals surface area contributed by atoms with Crippen molar-refractivity contribution >= 4 is 28.2 Å². The third kappa shape index (κ3) is 3.71. The number of carbonyl (C=O) groups is 1. The molecule has 26 heavy (non-hydrogen) atoms. The molecule has 1 fully saturated rings. The topological polar surface area (TPSA) is 75.9 Å². The molecule has 1 amide bonds. The monoisotopic (exact) mass is 357 g/mol.